The van der Waals surface area contributed by atoms with Crippen LogP contribution in [0.4, 0.5) is 0 Å². The van der Waals surface area contributed by atoms with Crippen LogP contribution in [0.2, 0.25) is 0 Å². The van der Waals surface area contributed by atoms with Crippen molar-refractivity contribution >= 4 is 41.5 Å². The van der Waals surface area contributed by atoms with E-state index in [2.05, 4.69) is 16.0 Å². The number of amides is 4. The molecule has 14 nitrogen and oxygen atoms in total. The molecular formula is C22H34N4O10. The van der Waals surface area contributed by atoms with Gasteiger partial charge in [0.15, 0.2) is 0 Å². The standard InChI is InChI=1S/C22H34N4O10/c1-4-11(2)18(23-12(3)27)20(33)24-13(7-8-16(28)29)21(34)26-9-5-6-15(26)19(32)25-14(22(35)36)10-17(30)31/h11,13-15,18H,4-10H2,1-3H3,(H,23,27)(H,24,33)(H,25,32)(H,28,29)(H,30,31)(H,35,36)/t11-,13-,14-,15-,18-/m0/s1. The van der Waals surface area contributed by atoms with Gasteiger partial charge in [0.25, 0.3) is 0 Å². The fourth-order valence-corrected chi connectivity index (χ4v) is 3.85. The highest BCUT2D eigenvalue weighted by Gasteiger charge is 2.40. The summed E-state index contributed by atoms with van der Waals surface area (Å²) in [7, 11) is 0. The van der Waals surface area contributed by atoms with Gasteiger partial charge in [0.2, 0.25) is 23.6 Å². The van der Waals surface area contributed by atoms with Crippen LogP contribution in [0.25, 0.3) is 0 Å². The van der Waals surface area contributed by atoms with Crippen LogP contribution in [0.1, 0.15) is 59.3 Å². The van der Waals surface area contributed by atoms with E-state index < -0.39 is 78.5 Å². The number of carbonyl (C=O) groups excluding carboxylic acids is 4. The predicted molar refractivity (Wildman–Crippen MR) is 122 cm³/mol. The van der Waals surface area contributed by atoms with E-state index in [9.17, 15) is 38.7 Å². The van der Waals surface area contributed by atoms with Crippen LogP contribution in [0.3, 0.4) is 0 Å². The molecular weight excluding hydrogens is 480 g/mol. The summed E-state index contributed by atoms with van der Waals surface area (Å²) in [5.41, 5.74) is 0. The van der Waals surface area contributed by atoms with E-state index in [-0.39, 0.29) is 25.3 Å². The van der Waals surface area contributed by atoms with Crippen molar-refractivity contribution in [2.75, 3.05) is 6.54 Å². The van der Waals surface area contributed by atoms with Gasteiger partial charge >= 0.3 is 17.9 Å². The maximum Gasteiger partial charge on any atom is 0.326 e. The third kappa shape index (κ3) is 9.15. The Hall–Kier alpha value is -3.71. The first kappa shape index (κ1) is 30.3. The average Bonchev–Trinajstić information content (AvgIpc) is 3.28. The molecule has 4 amide bonds. The number of hydrogen-bond acceptors (Lipinski definition) is 7. The normalized spacial score (nSPS) is 18.3. The van der Waals surface area contributed by atoms with E-state index in [0.717, 1.165) is 4.90 Å². The molecule has 0 aliphatic carbocycles. The summed E-state index contributed by atoms with van der Waals surface area (Å²) < 4.78 is 0. The van der Waals surface area contributed by atoms with Crippen LogP contribution in [0.15, 0.2) is 0 Å². The Morgan fingerprint density at radius 2 is 1.58 bits per heavy atom. The van der Waals surface area contributed by atoms with Crippen molar-refractivity contribution in [2.45, 2.75) is 83.5 Å². The number of likely N-dealkylation sites (tertiary alicyclic amines) is 1. The molecule has 1 fully saturated rings. The maximum absolute atomic E-state index is 13.3. The lowest BCUT2D eigenvalue weighted by molar-refractivity contribution is -0.148. The Labute approximate surface area is 207 Å². The topological polar surface area (TPSA) is 220 Å². The van der Waals surface area contributed by atoms with E-state index in [1.54, 1.807) is 6.92 Å². The molecule has 0 bridgehead atoms. The summed E-state index contributed by atoms with van der Waals surface area (Å²) in [5, 5.41) is 34.3. The number of carboxylic acid groups (broad SMARTS) is 3. The molecule has 0 aromatic carbocycles. The van der Waals surface area contributed by atoms with Crippen LogP contribution < -0.4 is 16.0 Å². The number of aliphatic carboxylic acids is 3. The third-order valence-electron chi connectivity index (χ3n) is 5.95. The molecule has 6 N–H and O–H groups in total. The van der Waals surface area contributed by atoms with Crippen molar-refractivity contribution in [1.82, 2.24) is 20.9 Å². The quantitative estimate of drug-likeness (QED) is 0.165. The van der Waals surface area contributed by atoms with E-state index in [0.29, 0.717) is 12.8 Å². The van der Waals surface area contributed by atoms with E-state index in [1.807, 2.05) is 6.92 Å². The molecule has 1 aliphatic rings. The molecule has 0 aromatic heterocycles. The van der Waals surface area contributed by atoms with Crippen molar-refractivity contribution in [3.8, 4) is 0 Å². The summed E-state index contributed by atoms with van der Waals surface area (Å²) >= 11 is 0. The Bertz CT molecular complexity index is 877. The van der Waals surface area contributed by atoms with Crippen molar-refractivity contribution in [3.05, 3.63) is 0 Å². The monoisotopic (exact) mass is 514 g/mol. The van der Waals surface area contributed by atoms with Crippen molar-refractivity contribution in [3.63, 3.8) is 0 Å². The number of carbonyl (C=O) groups is 7. The SMILES string of the molecule is CC[C@H](C)[C@H](NC(C)=O)C(=O)N[C@@H](CCC(=O)O)C(=O)N1CCC[C@H]1C(=O)N[C@@H](CC(=O)O)C(=O)O. The number of carboxylic acids is 3. The van der Waals surface area contributed by atoms with Crippen LogP contribution in [-0.4, -0.2) is 92.5 Å². The highest BCUT2D eigenvalue weighted by atomic mass is 16.4. The number of nitrogens with one attached hydrogen (secondary N) is 3. The zero-order valence-electron chi connectivity index (χ0n) is 20.5. The lowest BCUT2D eigenvalue weighted by atomic mass is 9.97. The summed E-state index contributed by atoms with van der Waals surface area (Å²) in [5.74, 6) is -7.25. The fraction of sp³-hybridized carbons (Fsp3) is 0.682. The molecule has 1 heterocycles. The van der Waals surface area contributed by atoms with Gasteiger partial charge in [-0.25, -0.2) is 4.79 Å². The van der Waals surface area contributed by atoms with E-state index >= 15 is 0 Å². The minimum Gasteiger partial charge on any atom is -0.481 e. The average molecular weight is 515 g/mol. The molecule has 14 heteroatoms. The summed E-state index contributed by atoms with van der Waals surface area (Å²) in [6, 6.07) is -5.13. The highest BCUT2D eigenvalue weighted by Crippen LogP contribution is 2.20. The smallest absolute Gasteiger partial charge is 0.326 e. The van der Waals surface area contributed by atoms with Gasteiger partial charge in [0, 0.05) is 19.9 Å². The largest absolute Gasteiger partial charge is 0.481 e. The molecule has 0 aromatic rings. The van der Waals surface area contributed by atoms with Crippen molar-refractivity contribution in [2.24, 2.45) is 5.92 Å². The molecule has 0 spiro atoms. The highest BCUT2D eigenvalue weighted by molar-refractivity contribution is 5.96. The molecule has 36 heavy (non-hydrogen) atoms. The van der Waals surface area contributed by atoms with Gasteiger partial charge < -0.3 is 36.2 Å². The van der Waals surface area contributed by atoms with Gasteiger partial charge in [-0.1, -0.05) is 20.3 Å². The first-order valence-corrected chi connectivity index (χ1v) is 11.6. The lowest BCUT2D eigenvalue weighted by Crippen LogP contribution is -2.58. The van der Waals surface area contributed by atoms with Gasteiger partial charge in [0.05, 0.1) is 6.42 Å². The van der Waals surface area contributed by atoms with Gasteiger partial charge in [-0.15, -0.1) is 0 Å². The second kappa shape index (κ2) is 14.0. The second-order valence-electron chi connectivity index (χ2n) is 8.74. The molecule has 1 aliphatic heterocycles. The Morgan fingerprint density at radius 1 is 0.944 bits per heavy atom. The van der Waals surface area contributed by atoms with Crippen LogP contribution in [0, 0.1) is 5.92 Å². The van der Waals surface area contributed by atoms with Gasteiger partial charge in [-0.2, -0.15) is 0 Å². The summed E-state index contributed by atoms with van der Waals surface area (Å²) in [4.78, 5) is 85.1. The number of nitrogens with zero attached hydrogens (tertiary/aromatic N) is 1. The van der Waals surface area contributed by atoms with Crippen molar-refractivity contribution < 1.29 is 48.9 Å². The predicted octanol–water partition coefficient (Wildman–Crippen LogP) is -1.08. The molecule has 0 unspecified atom stereocenters. The molecule has 5 atom stereocenters. The third-order valence-corrected chi connectivity index (χ3v) is 5.95. The maximum atomic E-state index is 13.3. The number of rotatable bonds is 14. The minimum atomic E-state index is -1.70. The van der Waals surface area contributed by atoms with Crippen molar-refractivity contribution in [1.29, 1.82) is 0 Å². The molecule has 0 saturated carbocycles. The summed E-state index contributed by atoms with van der Waals surface area (Å²) in [6.07, 6.45) is -0.537. The van der Waals surface area contributed by atoms with Crippen LogP contribution in [-0.2, 0) is 33.6 Å². The molecule has 202 valence electrons. The first-order chi connectivity index (χ1) is 16.8. The molecule has 1 rings (SSSR count). The van der Waals surface area contributed by atoms with Crippen LogP contribution >= 0.6 is 0 Å². The first-order valence-electron chi connectivity index (χ1n) is 11.6. The second-order valence-corrected chi connectivity index (χ2v) is 8.74. The van der Waals surface area contributed by atoms with E-state index in [4.69, 9.17) is 10.2 Å². The Kier molecular flexibility index (Phi) is 11.8. The molecule has 0 radical (unpaired) electrons. The van der Waals surface area contributed by atoms with Gasteiger partial charge in [-0.3, -0.25) is 28.8 Å². The van der Waals surface area contributed by atoms with Gasteiger partial charge in [0.1, 0.15) is 24.2 Å². The summed E-state index contributed by atoms with van der Waals surface area (Å²) in [6.45, 7) is 4.86. The minimum absolute atomic E-state index is 0.0908. The zero-order valence-corrected chi connectivity index (χ0v) is 20.5. The Balaban J connectivity index is 3.11. The van der Waals surface area contributed by atoms with Gasteiger partial charge in [-0.05, 0) is 25.2 Å². The van der Waals surface area contributed by atoms with Crippen LogP contribution in [0.5, 0.6) is 0 Å². The zero-order chi connectivity index (χ0) is 27.6. The lowest BCUT2D eigenvalue weighted by Gasteiger charge is -2.31. The Morgan fingerprint density at radius 3 is 2.08 bits per heavy atom. The number of hydrogen-bond donors (Lipinski definition) is 6. The van der Waals surface area contributed by atoms with E-state index in [1.165, 1.54) is 6.92 Å². The fourth-order valence-electron chi connectivity index (χ4n) is 3.85. The molecule has 1 saturated heterocycles.